The van der Waals surface area contributed by atoms with E-state index < -0.39 is 6.03 Å². The molecule has 0 rings (SSSR count). The molecule has 0 spiro atoms. The summed E-state index contributed by atoms with van der Waals surface area (Å²) in [7, 11) is 0. The third-order valence-corrected chi connectivity index (χ3v) is 0. The highest BCUT2D eigenvalue weighted by Gasteiger charge is 1.60. The summed E-state index contributed by atoms with van der Waals surface area (Å²) in [6.07, 6.45) is 0. The van der Waals surface area contributed by atoms with Crippen molar-refractivity contribution < 1.29 is 4.79 Å². The summed E-state index contributed by atoms with van der Waals surface area (Å²) < 4.78 is 0. The van der Waals surface area contributed by atoms with Gasteiger partial charge in [-0.05, 0) is 0 Å². The second-order valence-electron chi connectivity index (χ2n) is 0.402. The van der Waals surface area contributed by atoms with Gasteiger partial charge in [-0.25, -0.2) is 4.79 Å². The summed E-state index contributed by atoms with van der Waals surface area (Å²) in [5, 5.41) is 0. The Bertz CT molecular complexity index is 36.5. The molecule has 2 amide bonds. The molecule has 6 heavy (non-hydrogen) atoms. The zero-order valence-corrected chi connectivity index (χ0v) is 2.06. The van der Waals surface area contributed by atoms with Crippen LogP contribution in [0, 0.1) is 0 Å². The molecule has 0 unspecified atom stereocenters. The van der Waals surface area contributed by atoms with E-state index in [0.29, 0.717) is 0 Å². The number of rotatable bonds is 0. The molecule has 5 heteroatoms. The second kappa shape index (κ2) is 9.13. The fourth-order valence-electron chi connectivity index (χ4n) is 0. The van der Waals surface area contributed by atoms with Gasteiger partial charge in [-0.15, -0.1) is 0 Å². The summed E-state index contributed by atoms with van der Waals surface area (Å²) in [5.41, 5.74) is 8.50. The molecule has 0 aliphatic carbocycles. The number of nitrogens with two attached hydrogens (primary N) is 2. The van der Waals surface area contributed by atoms with Crippen LogP contribution >= 0.6 is 0 Å². The van der Waals surface area contributed by atoms with Gasteiger partial charge in [0.05, 0.1) is 0 Å². The Labute approximate surface area is 62.7 Å². The Morgan fingerprint density at radius 2 is 1.33 bits per heavy atom. The normalized spacial score (nSPS) is 4.00. The van der Waals surface area contributed by atoms with E-state index in [1.807, 2.05) is 0 Å². The first-order valence-corrected chi connectivity index (χ1v) is 0.781. The number of hydrogen-bond acceptors (Lipinski definition) is 1. The van der Waals surface area contributed by atoms with Gasteiger partial charge in [-0.1, -0.05) is 0 Å². The first-order chi connectivity index (χ1) is 1.73. The molecule has 0 aliphatic heterocycles. The fourth-order valence-corrected chi connectivity index (χ4v) is 0. The van der Waals surface area contributed by atoms with E-state index in [4.69, 9.17) is 4.79 Å². The van der Waals surface area contributed by atoms with Crippen molar-refractivity contribution >= 4 is 46.4 Å². The van der Waals surface area contributed by atoms with Crippen LogP contribution in [0.4, 0.5) is 4.79 Å². The Balaban J connectivity index is -0.0000000450. The number of amides is 2. The van der Waals surface area contributed by atoms with Crippen LogP contribution in [0.25, 0.3) is 0 Å². The molecule has 0 bridgehead atoms. The maximum absolute atomic E-state index is 9.00. The van der Waals surface area contributed by atoms with Crippen LogP contribution in [0.15, 0.2) is 0 Å². The molecule has 0 heterocycles. The summed E-state index contributed by atoms with van der Waals surface area (Å²) in [6.45, 7) is 0. The first-order valence-electron chi connectivity index (χ1n) is 0.781. The van der Waals surface area contributed by atoms with E-state index in [9.17, 15) is 0 Å². The van der Waals surface area contributed by atoms with Crippen LogP contribution in [0.1, 0.15) is 0 Å². The van der Waals surface area contributed by atoms with Gasteiger partial charge in [-0.3, -0.25) is 0 Å². The SMILES string of the molecule is NC(N)=O.[AlH3].[MgH2]. The molecule has 0 atom stereocenters. The van der Waals surface area contributed by atoms with Gasteiger partial charge >= 0.3 is 29.1 Å². The minimum absolute atomic E-state index is 0. The van der Waals surface area contributed by atoms with Crippen molar-refractivity contribution in [2.75, 3.05) is 0 Å². The minimum atomic E-state index is -0.833. The standard InChI is InChI=1S/CH4N2O.Al.Mg.5H/c2-1(3)4;;;;;;;/h(H4,2,3,4);;;;;;;. The van der Waals surface area contributed by atoms with Crippen LogP contribution < -0.4 is 11.5 Å². The number of carbonyl (C=O) groups excluding carboxylic acids is 1. The number of primary amides is 2. The molecular formula is CH9AlMgN2O. The fraction of sp³-hybridized carbons (Fsp3) is 0. The van der Waals surface area contributed by atoms with Crippen molar-refractivity contribution in [2.45, 2.75) is 0 Å². The molecule has 3 nitrogen and oxygen atoms in total. The topological polar surface area (TPSA) is 69.1 Å². The van der Waals surface area contributed by atoms with Crippen molar-refractivity contribution in [1.29, 1.82) is 0 Å². The van der Waals surface area contributed by atoms with Gasteiger partial charge in [0, 0.05) is 0 Å². The smallest absolute Gasteiger partial charge is 0.316 e. The lowest BCUT2D eigenvalue weighted by Gasteiger charge is -1.62. The molecule has 0 aromatic rings. The van der Waals surface area contributed by atoms with Crippen molar-refractivity contribution in [3.05, 3.63) is 0 Å². The summed E-state index contributed by atoms with van der Waals surface area (Å²) in [6, 6.07) is -0.833. The number of hydrogen-bond donors (Lipinski definition) is 2. The van der Waals surface area contributed by atoms with Gasteiger partial charge in [-0.2, -0.15) is 0 Å². The Hall–Kier alpha value is 0.569. The summed E-state index contributed by atoms with van der Waals surface area (Å²) in [4.78, 5) is 9.00. The molecule has 0 aromatic heterocycles. The predicted molar refractivity (Wildman–Crippen MR) is 32.3 cm³/mol. The van der Waals surface area contributed by atoms with Gasteiger partial charge in [0.25, 0.3) is 0 Å². The highest BCUT2D eigenvalue weighted by Crippen LogP contribution is 1.25. The van der Waals surface area contributed by atoms with E-state index >= 15 is 0 Å². The monoisotopic (exact) mass is 116 g/mol. The lowest BCUT2D eigenvalue weighted by Crippen LogP contribution is -2.18. The summed E-state index contributed by atoms with van der Waals surface area (Å²) >= 11 is 0. The van der Waals surface area contributed by atoms with E-state index in [1.54, 1.807) is 0 Å². The molecule has 4 N–H and O–H groups in total. The second-order valence-corrected chi connectivity index (χ2v) is 0.402. The molecule has 0 aromatic carbocycles. The molecular weight excluding hydrogens is 107 g/mol. The Morgan fingerprint density at radius 1 is 1.33 bits per heavy atom. The average Bonchev–Trinajstić information content (AvgIpc) is 0.811. The average molecular weight is 116 g/mol. The molecule has 0 fully saturated rings. The zero-order chi connectivity index (χ0) is 3.58. The maximum atomic E-state index is 9.00. The van der Waals surface area contributed by atoms with E-state index in [2.05, 4.69) is 11.5 Å². The third kappa shape index (κ3) is 180. The minimum Gasteiger partial charge on any atom is -0.352 e. The third-order valence-electron chi connectivity index (χ3n) is 0. The van der Waals surface area contributed by atoms with Gasteiger partial charge < -0.3 is 11.5 Å². The number of carbonyl (C=O) groups is 1. The lowest BCUT2D eigenvalue weighted by molar-refractivity contribution is 0.256. The zero-order valence-electron chi connectivity index (χ0n) is 2.06. The largest absolute Gasteiger partial charge is 0.352 e. The summed E-state index contributed by atoms with van der Waals surface area (Å²) in [5.74, 6) is 0. The van der Waals surface area contributed by atoms with Crippen molar-refractivity contribution in [3.63, 3.8) is 0 Å². The Kier molecular flexibility index (Phi) is 24.3. The van der Waals surface area contributed by atoms with Gasteiger partial charge in [0.15, 0.2) is 17.4 Å². The number of urea groups is 1. The van der Waals surface area contributed by atoms with Crippen molar-refractivity contribution in [1.82, 2.24) is 0 Å². The van der Waals surface area contributed by atoms with Crippen molar-refractivity contribution in [2.24, 2.45) is 11.5 Å². The van der Waals surface area contributed by atoms with E-state index in [0.717, 1.165) is 0 Å². The van der Waals surface area contributed by atoms with Crippen LogP contribution in [-0.4, -0.2) is 46.4 Å². The van der Waals surface area contributed by atoms with Crippen LogP contribution in [0.3, 0.4) is 0 Å². The van der Waals surface area contributed by atoms with E-state index in [-0.39, 0.29) is 40.4 Å². The van der Waals surface area contributed by atoms with E-state index in [1.165, 1.54) is 0 Å². The molecule has 0 radical (unpaired) electrons. The van der Waals surface area contributed by atoms with Gasteiger partial charge in [0.1, 0.15) is 0 Å². The van der Waals surface area contributed by atoms with Crippen LogP contribution in [-0.2, 0) is 0 Å². The Morgan fingerprint density at radius 3 is 1.33 bits per heavy atom. The highest BCUT2D eigenvalue weighted by atomic mass is 27.0. The molecule has 0 saturated heterocycles. The first kappa shape index (κ1) is 16.0. The molecule has 34 valence electrons. The lowest BCUT2D eigenvalue weighted by atomic mass is 11.2. The maximum Gasteiger partial charge on any atom is 0.316 e. The molecule has 0 saturated carbocycles. The van der Waals surface area contributed by atoms with Crippen LogP contribution in [0.5, 0.6) is 0 Å². The van der Waals surface area contributed by atoms with Gasteiger partial charge in [0.2, 0.25) is 0 Å². The van der Waals surface area contributed by atoms with Crippen LogP contribution in [0.2, 0.25) is 0 Å². The van der Waals surface area contributed by atoms with Crippen molar-refractivity contribution in [3.8, 4) is 0 Å². The molecule has 0 aliphatic rings. The predicted octanol–water partition coefficient (Wildman–Crippen LogP) is -3.08. The quantitative estimate of drug-likeness (QED) is 0.324. The highest BCUT2D eigenvalue weighted by molar-refractivity contribution is 5.76.